The molecule has 0 bridgehead atoms. The van der Waals surface area contributed by atoms with Gasteiger partial charge in [-0.15, -0.1) is 6.58 Å². The highest BCUT2D eigenvalue weighted by molar-refractivity contribution is 6.10. The van der Waals surface area contributed by atoms with Gasteiger partial charge >= 0.3 is 12.1 Å². The summed E-state index contributed by atoms with van der Waals surface area (Å²) in [7, 11) is 1.54. The Morgan fingerprint density at radius 2 is 1.29 bits per heavy atom. The summed E-state index contributed by atoms with van der Waals surface area (Å²) in [5.74, 6) is -0.688. The van der Waals surface area contributed by atoms with Crippen LogP contribution in [0.15, 0.2) is 121 Å². The van der Waals surface area contributed by atoms with Crippen LogP contribution in [0.1, 0.15) is 84.1 Å². The molecule has 0 radical (unpaired) electrons. The quantitative estimate of drug-likeness (QED) is 0.0102. The Morgan fingerprint density at radius 1 is 0.712 bits per heavy atom. The van der Waals surface area contributed by atoms with E-state index in [4.69, 9.17) is 24.7 Å². The second kappa shape index (κ2) is 27.3. The van der Waals surface area contributed by atoms with Crippen molar-refractivity contribution in [2.75, 3.05) is 33.4 Å². The third-order valence-corrected chi connectivity index (χ3v) is 12.4. The number of nitrogens with zero attached hydrogens (tertiary/aromatic N) is 1. The number of amides is 4. The molecule has 1 aliphatic rings. The predicted molar refractivity (Wildman–Crippen MR) is 285 cm³/mol. The number of nitrogens with two attached hydrogens (primary N) is 1. The third-order valence-electron chi connectivity index (χ3n) is 12.4. The Labute approximate surface area is 428 Å². The number of carbonyl (C=O) groups excluding carboxylic acids is 5. The monoisotopic (exact) mass is 998 g/mol. The predicted octanol–water partition coefficient (Wildman–Crippen LogP) is 8.00. The van der Waals surface area contributed by atoms with Gasteiger partial charge in [-0.3, -0.25) is 19.4 Å². The van der Waals surface area contributed by atoms with Crippen molar-refractivity contribution in [2.24, 2.45) is 16.6 Å². The van der Waals surface area contributed by atoms with Gasteiger partial charge < -0.3 is 51.3 Å². The average Bonchev–Trinajstić information content (AvgIpc) is 3.36. The Morgan fingerprint density at radius 3 is 1.89 bits per heavy atom. The summed E-state index contributed by atoms with van der Waals surface area (Å²) in [6, 6.07) is 29.7. The molecule has 3 atom stereocenters. The lowest BCUT2D eigenvalue weighted by Crippen LogP contribution is -2.56. The number of benzene rings is 5. The van der Waals surface area contributed by atoms with Gasteiger partial charge in [0.15, 0.2) is 12.6 Å². The van der Waals surface area contributed by atoms with E-state index in [-0.39, 0.29) is 38.4 Å². The van der Waals surface area contributed by atoms with E-state index in [0.717, 1.165) is 51.1 Å². The Hall–Kier alpha value is -7.62. The molecule has 5 aromatic rings. The summed E-state index contributed by atoms with van der Waals surface area (Å²) in [6.45, 7) is 9.77. The average molecular weight is 998 g/mol. The smallest absolute Gasteiger partial charge is 0.407 e. The van der Waals surface area contributed by atoms with Gasteiger partial charge in [0.2, 0.25) is 11.8 Å². The van der Waals surface area contributed by atoms with Crippen LogP contribution in [0, 0.1) is 5.92 Å². The standard InChI is InChI=1S/C57H71N7O9/c1-6-18-46(54(68)72-36-38-19-8-7-9-20-38)64-53(67)45(28-17-34-60-55(58)59-5)63-52(66)44(27-14-15-33-61-56(69)73-57(2,3)4)62-49(65)37-71-48-32-30-41-24-11-13-26-43(41)51(48)50-42-25-12-10-23-40(42)29-31-47(50)70-35-39-21-16-22-39/h6-13,19-20,23-26,29-32,39,44-46H,1,14-18,21-22,27-28,33-37H2,2-5H3,(H,61,69)(H,62,65)(H,63,66)(H,64,67)(H3,58,59,60)/t44-,45-,46+/m1/s1. The highest BCUT2D eigenvalue weighted by atomic mass is 16.6. The molecule has 0 aliphatic heterocycles. The zero-order chi connectivity index (χ0) is 52.2. The Balaban J connectivity index is 1.23. The van der Waals surface area contributed by atoms with Gasteiger partial charge in [0.05, 0.1) is 6.61 Å². The van der Waals surface area contributed by atoms with Crippen molar-refractivity contribution in [3.8, 4) is 22.6 Å². The van der Waals surface area contributed by atoms with E-state index in [1.165, 1.54) is 19.5 Å². The molecular formula is C57H71N7O9. The molecule has 1 fully saturated rings. The first kappa shape index (κ1) is 54.7. The van der Waals surface area contributed by atoms with E-state index in [1.807, 2.05) is 84.9 Å². The maximum absolute atomic E-state index is 14.5. The molecular weight excluding hydrogens is 927 g/mol. The van der Waals surface area contributed by atoms with Crippen LogP contribution in [-0.2, 0) is 35.3 Å². The normalized spacial score (nSPS) is 13.9. The fraction of sp³-hybridized carbons (Fsp3) is 0.404. The second-order valence-electron chi connectivity index (χ2n) is 19.2. The lowest BCUT2D eigenvalue weighted by Gasteiger charge is -2.26. The van der Waals surface area contributed by atoms with Crippen molar-refractivity contribution < 1.29 is 42.9 Å². The number of rotatable bonds is 26. The molecule has 73 heavy (non-hydrogen) atoms. The molecule has 1 aliphatic carbocycles. The van der Waals surface area contributed by atoms with Crippen molar-refractivity contribution in [1.82, 2.24) is 26.6 Å². The first-order valence-electron chi connectivity index (χ1n) is 25.2. The van der Waals surface area contributed by atoms with E-state index >= 15 is 0 Å². The maximum atomic E-state index is 14.5. The van der Waals surface area contributed by atoms with Crippen molar-refractivity contribution in [3.05, 3.63) is 121 Å². The molecule has 6 rings (SSSR count). The van der Waals surface area contributed by atoms with Crippen LogP contribution in [0.2, 0.25) is 0 Å². The molecule has 16 heteroatoms. The number of hydrogen-bond acceptors (Lipinski definition) is 10. The largest absolute Gasteiger partial charge is 0.493 e. The molecule has 0 spiro atoms. The first-order chi connectivity index (χ1) is 35.2. The van der Waals surface area contributed by atoms with Gasteiger partial charge in [-0.25, -0.2) is 9.59 Å². The van der Waals surface area contributed by atoms with E-state index in [2.05, 4.69) is 56.4 Å². The highest BCUT2D eigenvalue weighted by Gasteiger charge is 2.31. The molecule has 0 heterocycles. The molecule has 1 saturated carbocycles. The number of hydrogen-bond donors (Lipinski definition) is 6. The van der Waals surface area contributed by atoms with Crippen LogP contribution in [0.25, 0.3) is 32.7 Å². The molecule has 4 amide bonds. The highest BCUT2D eigenvalue weighted by Crippen LogP contribution is 2.46. The van der Waals surface area contributed by atoms with Crippen LogP contribution in [0.4, 0.5) is 4.79 Å². The number of nitrogens with one attached hydrogen (secondary N) is 5. The van der Waals surface area contributed by atoms with E-state index in [0.29, 0.717) is 49.8 Å². The number of esters is 1. The summed E-state index contributed by atoms with van der Waals surface area (Å²) in [6.07, 6.45) is 5.88. The van der Waals surface area contributed by atoms with Gasteiger partial charge in [0.1, 0.15) is 41.8 Å². The maximum Gasteiger partial charge on any atom is 0.407 e. The number of carbonyl (C=O) groups is 5. The Bertz CT molecular complexity index is 2700. The molecule has 16 nitrogen and oxygen atoms in total. The summed E-state index contributed by atoms with van der Waals surface area (Å²) in [4.78, 5) is 72.4. The van der Waals surface area contributed by atoms with Crippen molar-refractivity contribution >= 4 is 57.3 Å². The number of guanidine groups is 1. The van der Waals surface area contributed by atoms with Crippen LogP contribution >= 0.6 is 0 Å². The van der Waals surface area contributed by atoms with Crippen molar-refractivity contribution in [1.29, 1.82) is 0 Å². The van der Waals surface area contributed by atoms with Gasteiger partial charge in [0, 0.05) is 31.3 Å². The van der Waals surface area contributed by atoms with Gasteiger partial charge in [-0.05, 0) is 117 Å². The van der Waals surface area contributed by atoms with Gasteiger partial charge in [-0.1, -0.05) is 103 Å². The number of alkyl carbamates (subject to hydrolysis) is 1. The number of ether oxygens (including phenoxy) is 4. The minimum atomic E-state index is -1.16. The molecule has 5 aromatic carbocycles. The number of unbranched alkanes of at least 4 members (excludes halogenated alkanes) is 1. The molecule has 0 saturated heterocycles. The lowest BCUT2D eigenvalue weighted by atomic mass is 9.86. The topological polar surface area (TPSA) is 221 Å². The summed E-state index contributed by atoms with van der Waals surface area (Å²) in [5.41, 5.74) is 7.57. The fourth-order valence-electron chi connectivity index (χ4n) is 8.38. The van der Waals surface area contributed by atoms with E-state index in [1.54, 1.807) is 20.8 Å². The van der Waals surface area contributed by atoms with Crippen LogP contribution in [0.3, 0.4) is 0 Å². The van der Waals surface area contributed by atoms with Gasteiger partial charge in [0.25, 0.3) is 5.91 Å². The third kappa shape index (κ3) is 16.7. The zero-order valence-corrected chi connectivity index (χ0v) is 42.5. The van der Waals surface area contributed by atoms with E-state index in [9.17, 15) is 24.0 Å². The molecule has 7 N–H and O–H groups in total. The first-order valence-corrected chi connectivity index (χ1v) is 25.2. The number of fused-ring (bicyclic) bond motifs is 2. The summed E-state index contributed by atoms with van der Waals surface area (Å²) in [5, 5.41) is 18.0. The SMILES string of the molecule is C=CC[C@H](NC(=O)[C@@H](CCCNC(N)=NC)NC(=O)[C@@H](CCCCNC(=O)OC(C)(C)C)NC(=O)COc1ccc2ccccc2c1-c1c(OCC2CCC2)ccc2ccccc12)C(=O)OCc1ccccc1. The Kier molecular flexibility index (Phi) is 20.4. The second-order valence-corrected chi connectivity index (χ2v) is 19.2. The summed E-state index contributed by atoms with van der Waals surface area (Å²) >= 11 is 0. The van der Waals surface area contributed by atoms with Gasteiger partial charge in [-0.2, -0.15) is 0 Å². The molecule has 0 aromatic heterocycles. The van der Waals surface area contributed by atoms with Crippen molar-refractivity contribution in [3.63, 3.8) is 0 Å². The van der Waals surface area contributed by atoms with E-state index < -0.39 is 60.1 Å². The minimum absolute atomic E-state index is 0.00498. The van der Waals surface area contributed by atoms with Crippen LogP contribution < -0.4 is 41.8 Å². The zero-order valence-electron chi connectivity index (χ0n) is 42.5. The summed E-state index contributed by atoms with van der Waals surface area (Å²) < 4.78 is 24.0. The lowest BCUT2D eigenvalue weighted by molar-refractivity contribution is -0.149. The van der Waals surface area contributed by atoms with Crippen LogP contribution in [0.5, 0.6) is 11.5 Å². The van der Waals surface area contributed by atoms with Crippen LogP contribution in [-0.4, -0.2) is 92.8 Å². The number of aliphatic imine (C=N–C) groups is 1. The molecule has 0 unspecified atom stereocenters. The van der Waals surface area contributed by atoms with Crippen molar-refractivity contribution in [2.45, 2.75) is 109 Å². The molecule has 388 valence electrons. The fourth-order valence-corrected chi connectivity index (χ4v) is 8.38. The minimum Gasteiger partial charge on any atom is -0.493 e.